The number of rotatable bonds is 11. The van der Waals surface area contributed by atoms with Crippen molar-refractivity contribution in [2.45, 2.75) is 51.1 Å². The minimum atomic E-state index is -4.44. The van der Waals surface area contributed by atoms with Crippen LogP contribution in [0.1, 0.15) is 50.5 Å². The quantitative estimate of drug-likeness (QED) is 0.278. The number of hydrogen-bond acceptors (Lipinski definition) is 5. The van der Waals surface area contributed by atoms with Crippen LogP contribution in [0.15, 0.2) is 23.2 Å². The Morgan fingerprint density at radius 3 is 2.49 bits per heavy atom. The first-order valence-corrected chi connectivity index (χ1v) is 13.0. The normalized spacial score (nSPS) is 22.1. The van der Waals surface area contributed by atoms with E-state index in [1.54, 1.807) is 13.2 Å². The highest BCUT2D eigenvalue weighted by atomic mass is 35.5. The Balaban J connectivity index is 1.32. The molecule has 0 unspecified atom stereocenters. The lowest BCUT2D eigenvalue weighted by Crippen LogP contribution is -2.47. The van der Waals surface area contributed by atoms with Crippen molar-refractivity contribution in [1.29, 1.82) is 0 Å². The zero-order chi connectivity index (χ0) is 25.3. The Morgan fingerprint density at radius 1 is 1.14 bits per heavy atom. The van der Waals surface area contributed by atoms with Crippen LogP contribution in [0.3, 0.4) is 0 Å². The van der Waals surface area contributed by atoms with Gasteiger partial charge in [0.2, 0.25) is 0 Å². The molecule has 1 aliphatic heterocycles. The summed E-state index contributed by atoms with van der Waals surface area (Å²) in [7, 11) is 1.64. The molecule has 196 valence electrons. The summed E-state index contributed by atoms with van der Waals surface area (Å²) in [6.45, 7) is 5.52. The zero-order valence-electron chi connectivity index (χ0n) is 20.5. The van der Waals surface area contributed by atoms with Crippen molar-refractivity contribution in [3.05, 3.63) is 28.8 Å². The van der Waals surface area contributed by atoms with Crippen LogP contribution in [0.4, 0.5) is 18.9 Å². The van der Waals surface area contributed by atoms with Crippen LogP contribution >= 0.6 is 11.6 Å². The fourth-order valence-corrected chi connectivity index (χ4v) is 5.21. The van der Waals surface area contributed by atoms with Crippen LogP contribution in [-0.4, -0.2) is 69.9 Å². The summed E-state index contributed by atoms with van der Waals surface area (Å²) in [5, 5.41) is -0.257. The van der Waals surface area contributed by atoms with Gasteiger partial charge in [-0.25, -0.2) is 0 Å². The number of piperazine rings is 1. The Labute approximate surface area is 211 Å². The topological polar surface area (TPSA) is 45.1 Å². The number of carbonyl (C=O) groups is 1. The van der Waals surface area contributed by atoms with Crippen molar-refractivity contribution < 1.29 is 22.7 Å². The molecule has 1 aromatic carbocycles. The van der Waals surface area contributed by atoms with Crippen molar-refractivity contribution in [2.75, 3.05) is 57.9 Å². The molecule has 2 fully saturated rings. The zero-order valence-corrected chi connectivity index (χ0v) is 21.3. The van der Waals surface area contributed by atoms with E-state index in [0.717, 1.165) is 63.8 Å². The van der Waals surface area contributed by atoms with Gasteiger partial charge >= 0.3 is 6.18 Å². The highest BCUT2D eigenvalue weighted by Gasteiger charge is 2.34. The largest absolute Gasteiger partial charge is 0.417 e. The van der Waals surface area contributed by atoms with E-state index in [1.807, 2.05) is 4.90 Å². The number of Topliss-reactive ketones (excluding diaryl/α,β-unsaturated/α-hetero) is 1. The van der Waals surface area contributed by atoms with E-state index in [1.165, 1.54) is 25.1 Å². The second kappa shape index (κ2) is 13.6. The van der Waals surface area contributed by atoms with Crippen molar-refractivity contribution >= 4 is 29.3 Å². The smallest absolute Gasteiger partial charge is 0.385 e. The van der Waals surface area contributed by atoms with Gasteiger partial charge in [0.05, 0.1) is 16.8 Å². The Bertz CT molecular complexity index is 834. The van der Waals surface area contributed by atoms with Gasteiger partial charge in [0.25, 0.3) is 0 Å². The molecule has 0 bridgehead atoms. The molecule has 35 heavy (non-hydrogen) atoms. The molecule has 0 aromatic heterocycles. The second-order valence-electron chi connectivity index (χ2n) is 9.72. The van der Waals surface area contributed by atoms with Gasteiger partial charge in [-0.2, -0.15) is 13.2 Å². The summed E-state index contributed by atoms with van der Waals surface area (Å²) >= 11 is 5.75. The molecule has 0 radical (unpaired) electrons. The molecule has 2 aliphatic rings. The van der Waals surface area contributed by atoms with Gasteiger partial charge in [0, 0.05) is 58.5 Å². The Morgan fingerprint density at radius 2 is 1.83 bits per heavy atom. The van der Waals surface area contributed by atoms with E-state index in [4.69, 9.17) is 16.3 Å². The van der Waals surface area contributed by atoms with Gasteiger partial charge in [0.15, 0.2) is 5.78 Å². The van der Waals surface area contributed by atoms with Gasteiger partial charge in [-0.15, -0.1) is 0 Å². The predicted octanol–water partition coefficient (Wildman–Crippen LogP) is 5.74. The van der Waals surface area contributed by atoms with Crippen LogP contribution in [0.25, 0.3) is 0 Å². The highest BCUT2D eigenvalue weighted by Crippen LogP contribution is 2.37. The lowest BCUT2D eigenvalue weighted by molar-refractivity contribution is -0.137. The number of nitrogens with zero attached hydrogens (tertiary/aromatic N) is 3. The van der Waals surface area contributed by atoms with Gasteiger partial charge in [-0.1, -0.05) is 24.4 Å². The minimum absolute atomic E-state index is 0.0766. The fourth-order valence-electron chi connectivity index (χ4n) is 4.98. The maximum Gasteiger partial charge on any atom is 0.417 e. The molecule has 9 heteroatoms. The SMILES string of the molecule is COCCCC(=O)C=NCC1CCC(CCN2CCN(c3ccc(Cl)c(C(F)(F)F)c3)CC2)CC1. The van der Waals surface area contributed by atoms with E-state index in [9.17, 15) is 18.0 Å². The molecule has 1 aliphatic carbocycles. The lowest BCUT2D eigenvalue weighted by Gasteiger charge is -2.37. The number of ether oxygens (including phenoxy) is 1. The van der Waals surface area contributed by atoms with Crippen molar-refractivity contribution in [1.82, 2.24) is 4.90 Å². The summed E-state index contributed by atoms with van der Waals surface area (Å²) in [5.74, 6) is 1.36. The average molecular weight is 516 g/mol. The number of methoxy groups -OCH3 is 1. The Kier molecular flexibility index (Phi) is 10.9. The molecular formula is C26H37ClF3N3O2. The molecule has 0 spiro atoms. The number of alkyl halides is 3. The molecule has 1 heterocycles. The van der Waals surface area contributed by atoms with Gasteiger partial charge in [0.1, 0.15) is 0 Å². The molecule has 1 saturated carbocycles. The van der Waals surface area contributed by atoms with Crippen molar-refractivity contribution in [3.63, 3.8) is 0 Å². The summed E-state index contributed by atoms with van der Waals surface area (Å²) in [6.07, 6.45) is 4.16. The van der Waals surface area contributed by atoms with Crippen LogP contribution in [0.2, 0.25) is 5.02 Å². The van der Waals surface area contributed by atoms with E-state index in [2.05, 4.69) is 9.89 Å². The molecule has 0 amide bonds. The third kappa shape index (κ3) is 9.07. The van der Waals surface area contributed by atoms with Crippen LogP contribution < -0.4 is 4.90 Å². The molecule has 1 saturated heterocycles. The number of ketones is 1. The van der Waals surface area contributed by atoms with E-state index in [0.29, 0.717) is 37.7 Å². The fraction of sp³-hybridized carbons (Fsp3) is 0.692. The maximum atomic E-state index is 13.2. The number of aliphatic imine (C=N–C) groups is 1. The van der Waals surface area contributed by atoms with Crippen LogP contribution in [0, 0.1) is 11.8 Å². The minimum Gasteiger partial charge on any atom is -0.385 e. The number of anilines is 1. The molecule has 0 atom stereocenters. The monoisotopic (exact) mass is 515 g/mol. The third-order valence-electron chi connectivity index (χ3n) is 7.18. The van der Waals surface area contributed by atoms with Crippen LogP contribution in [0.5, 0.6) is 0 Å². The summed E-state index contributed by atoms with van der Waals surface area (Å²) in [5.41, 5.74) is -0.187. The average Bonchev–Trinajstić information content (AvgIpc) is 2.84. The molecule has 5 nitrogen and oxygen atoms in total. The number of carbonyl (C=O) groups excluding carboxylic acids is 1. The summed E-state index contributed by atoms with van der Waals surface area (Å²) in [6, 6.07) is 4.18. The van der Waals surface area contributed by atoms with E-state index < -0.39 is 11.7 Å². The van der Waals surface area contributed by atoms with Gasteiger partial charge in [-0.05, 0) is 62.3 Å². The number of benzene rings is 1. The van der Waals surface area contributed by atoms with Gasteiger partial charge < -0.3 is 9.64 Å². The highest BCUT2D eigenvalue weighted by molar-refractivity contribution is 6.31. The third-order valence-corrected chi connectivity index (χ3v) is 7.51. The van der Waals surface area contributed by atoms with Crippen molar-refractivity contribution in [3.8, 4) is 0 Å². The maximum absolute atomic E-state index is 13.2. The van der Waals surface area contributed by atoms with Crippen LogP contribution in [-0.2, 0) is 15.7 Å². The first-order valence-electron chi connectivity index (χ1n) is 12.6. The molecule has 3 rings (SSSR count). The summed E-state index contributed by atoms with van der Waals surface area (Å²) in [4.78, 5) is 20.6. The first kappa shape index (κ1) is 27.9. The van der Waals surface area contributed by atoms with E-state index in [-0.39, 0.29) is 10.8 Å². The lowest BCUT2D eigenvalue weighted by atomic mass is 9.80. The summed E-state index contributed by atoms with van der Waals surface area (Å²) < 4.78 is 44.5. The first-order chi connectivity index (χ1) is 16.8. The predicted molar refractivity (Wildman–Crippen MR) is 135 cm³/mol. The molecular weight excluding hydrogens is 479 g/mol. The number of hydrogen-bond donors (Lipinski definition) is 0. The second-order valence-corrected chi connectivity index (χ2v) is 10.1. The van der Waals surface area contributed by atoms with Gasteiger partial charge in [-0.3, -0.25) is 14.7 Å². The molecule has 1 aromatic rings. The Hall–Kier alpha value is -1.64. The number of halogens is 4. The molecule has 0 N–H and O–H groups in total. The van der Waals surface area contributed by atoms with Crippen molar-refractivity contribution in [2.24, 2.45) is 16.8 Å². The standard InChI is InChI=1S/C26H37ClF3N3O2/c1-35-16-2-3-23(34)19-31-18-21-6-4-20(5-7-21)10-11-32-12-14-33(15-13-32)22-8-9-25(27)24(17-22)26(28,29)30/h8-9,17,19-21H,2-7,10-16,18H2,1H3. The van der Waals surface area contributed by atoms with E-state index >= 15 is 0 Å².